The summed E-state index contributed by atoms with van der Waals surface area (Å²) < 4.78 is 5.27. The third-order valence-corrected chi connectivity index (χ3v) is 3.26. The first-order valence-electron chi connectivity index (χ1n) is 5.99. The minimum absolute atomic E-state index is 0.233. The Morgan fingerprint density at radius 1 is 1.59 bits per heavy atom. The zero-order valence-corrected chi connectivity index (χ0v) is 10.4. The molecular weight excluding hydrogens is 218 g/mol. The highest BCUT2D eigenvalue weighted by Crippen LogP contribution is 2.29. The maximum atomic E-state index is 10.7. The molecule has 1 aromatic rings. The number of hydrogen-bond donors (Lipinski definition) is 1. The Kier molecular flexibility index (Phi) is 3.24. The lowest BCUT2D eigenvalue weighted by Gasteiger charge is -2.37. The van der Waals surface area contributed by atoms with Gasteiger partial charge in [-0.1, -0.05) is 13.8 Å². The number of aromatic carboxylic acids is 1. The number of carboxylic acid groups (broad SMARTS) is 1. The van der Waals surface area contributed by atoms with Gasteiger partial charge in [-0.15, -0.1) is 0 Å². The number of likely N-dealkylation sites (tertiary alicyclic amines) is 1. The predicted octanol–water partition coefficient (Wildman–Crippen LogP) is 2.60. The van der Waals surface area contributed by atoms with E-state index in [1.54, 1.807) is 6.07 Å². The average molecular weight is 237 g/mol. The van der Waals surface area contributed by atoms with Gasteiger partial charge in [-0.25, -0.2) is 4.79 Å². The lowest BCUT2D eigenvalue weighted by Crippen LogP contribution is -2.39. The molecule has 0 amide bonds. The van der Waals surface area contributed by atoms with Crippen LogP contribution in [0, 0.1) is 5.41 Å². The molecule has 4 nitrogen and oxygen atoms in total. The third kappa shape index (κ3) is 3.09. The Hall–Kier alpha value is -1.29. The van der Waals surface area contributed by atoms with Crippen molar-refractivity contribution >= 4 is 5.97 Å². The van der Waals surface area contributed by atoms with Crippen LogP contribution in [0.1, 0.15) is 42.8 Å². The maximum absolute atomic E-state index is 10.7. The van der Waals surface area contributed by atoms with Crippen LogP contribution in [-0.2, 0) is 6.54 Å². The zero-order valence-electron chi connectivity index (χ0n) is 10.4. The highest BCUT2D eigenvalue weighted by molar-refractivity contribution is 5.87. The van der Waals surface area contributed by atoms with Gasteiger partial charge in [-0.3, -0.25) is 4.90 Å². The quantitative estimate of drug-likeness (QED) is 0.878. The summed E-state index contributed by atoms with van der Waals surface area (Å²) in [5, 5.41) is 8.81. The van der Waals surface area contributed by atoms with E-state index in [1.165, 1.54) is 19.1 Å². The van der Waals surface area contributed by atoms with Gasteiger partial charge in [0, 0.05) is 6.54 Å². The van der Waals surface area contributed by atoms with Crippen molar-refractivity contribution in [2.24, 2.45) is 5.41 Å². The number of rotatable bonds is 3. The summed E-state index contributed by atoms with van der Waals surface area (Å²) in [6, 6.07) is 1.62. The van der Waals surface area contributed by atoms with Crippen LogP contribution in [0.25, 0.3) is 0 Å². The first-order chi connectivity index (χ1) is 7.96. The third-order valence-electron chi connectivity index (χ3n) is 3.26. The van der Waals surface area contributed by atoms with E-state index < -0.39 is 5.97 Å². The summed E-state index contributed by atoms with van der Waals surface area (Å²) in [5.41, 5.74) is 0.580. The fourth-order valence-electron chi connectivity index (χ4n) is 2.48. The average Bonchev–Trinajstić information content (AvgIpc) is 2.64. The summed E-state index contributed by atoms with van der Waals surface area (Å²) in [7, 11) is 0. The van der Waals surface area contributed by atoms with Gasteiger partial charge in [0.25, 0.3) is 0 Å². The molecular formula is C13H19NO3. The lowest BCUT2D eigenvalue weighted by molar-refractivity contribution is 0.0696. The van der Waals surface area contributed by atoms with Gasteiger partial charge in [0.2, 0.25) is 0 Å². The normalized spacial score (nSPS) is 20.4. The van der Waals surface area contributed by atoms with Gasteiger partial charge in [0.15, 0.2) is 0 Å². The Balaban J connectivity index is 1.98. The maximum Gasteiger partial charge on any atom is 0.338 e. The van der Waals surface area contributed by atoms with Crippen LogP contribution in [0.3, 0.4) is 0 Å². The van der Waals surface area contributed by atoms with Gasteiger partial charge < -0.3 is 9.52 Å². The molecule has 17 heavy (non-hydrogen) atoms. The smallest absolute Gasteiger partial charge is 0.338 e. The summed E-state index contributed by atoms with van der Waals surface area (Å²) >= 11 is 0. The number of carbonyl (C=O) groups is 1. The van der Waals surface area contributed by atoms with E-state index in [0.717, 1.165) is 18.8 Å². The molecule has 0 spiro atoms. The minimum atomic E-state index is -0.932. The highest BCUT2D eigenvalue weighted by atomic mass is 16.4. The Bertz CT molecular complexity index is 409. The topological polar surface area (TPSA) is 53.7 Å². The molecule has 94 valence electrons. The minimum Gasteiger partial charge on any atom is -0.478 e. The molecule has 0 aromatic carbocycles. The largest absolute Gasteiger partial charge is 0.478 e. The summed E-state index contributed by atoms with van der Waals surface area (Å²) in [6.07, 6.45) is 3.76. The summed E-state index contributed by atoms with van der Waals surface area (Å²) in [5.74, 6) is -0.195. The molecule has 0 radical (unpaired) electrons. The summed E-state index contributed by atoms with van der Waals surface area (Å²) in [6.45, 7) is 7.34. The molecule has 1 aromatic heterocycles. The second kappa shape index (κ2) is 4.53. The molecule has 1 fully saturated rings. The van der Waals surface area contributed by atoms with Gasteiger partial charge in [0.05, 0.1) is 12.1 Å². The van der Waals surface area contributed by atoms with Gasteiger partial charge in [-0.2, -0.15) is 0 Å². The number of hydrogen-bond acceptors (Lipinski definition) is 3. The Morgan fingerprint density at radius 2 is 2.35 bits per heavy atom. The van der Waals surface area contributed by atoms with Crippen molar-refractivity contribution in [3.8, 4) is 0 Å². The van der Waals surface area contributed by atoms with E-state index in [1.807, 2.05) is 0 Å². The van der Waals surface area contributed by atoms with Gasteiger partial charge >= 0.3 is 5.97 Å². The standard InChI is InChI=1S/C13H19NO3/c1-13(2)4-3-5-14(9-13)7-11-6-10(8-17-11)12(15)16/h6,8H,3-5,7,9H2,1-2H3,(H,15,16). The zero-order chi connectivity index (χ0) is 12.5. The molecule has 0 atom stereocenters. The van der Waals surface area contributed by atoms with Crippen LogP contribution >= 0.6 is 0 Å². The highest BCUT2D eigenvalue weighted by Gasteiger charge is 2.26. The predicted molar refractivity (Wildman–Crippen MR) is 64.0 cm³/mol. The second-order valence-corrected chi connectivity index (χ2v) is 5.59. The van der Waals surface area contributed by atoms with E-state index in [-0.39, 0.29) is 5.56 Å². The lowest BCUT2D eigenvalue weighted by atomic mass is 9.84. The van der Waals surface area contributed by atoms with E-state index in [9.17, 15) is 4.79 Å². The van der Waals surface area contributed by atoms with Gasteiger partial charge in [-0.05, 0) is 30.9 Å². The van der Waals surface area contributed by atoms with Crippen molar-refractivity contribution < 1.29 is 14.3 Å². The number of carboxylic acids is 1. The number of furan rings is 1. The van der Waals surface area contributed by atoms with Crippen LogP contribution in [0.15, 0.2) is 16.7 Å². The molecule has 4 heteroatoms. The molecule has 1 N–H and O–H groups in total. The SMILES string of the molecule is CC1(C)CCCN(Cc2cc(C(=O)O)co2)C1. The van der Waals surface area contributed by atoms with Crippen LogP contribution in [0.5, 0.6) is 0 Å². The van der Waals surface area contributed by atoms with E-state index in [0.29, 0.717) is 12.0 Å². The van der Waals surface area contributed by atoms with Crippen molar-refractivity contribution in [1.29, 1.82) is 0 Å². The van der Waals surface area contributed by atoms with E-state index >= 15 is 0 Å². The van der Waals surface area contributed by atoms with Crippen molar-refractivity contribution in [3.63, 3.8) is 0 Å². The van der Waals surface area contributed by atoms with Crippen LogP contribution in [0.4, 0.5) is 0 Å². The molecule has 1 aliphatic rings. The first-order valence-corrected chi connectivity index (χ1v) is 5.99. The molecule has 0 unspecified atom stereocenters. The van der Waals surface area contributed by atoms with Crippen molar-refractivity contribution in [2.75, 3.05) is 13.1 Å². The van der Waals surface area contributed by atoms with Crippen molar-refractivity contribution in [2.45, 2.75) is 33.2 Å². The molecule has 2 rings (SSSR count). The van der Waals surface area contributed by atoms with Crippen molar-refractivity contribution in [3.05, 3.63) is 23.7 Å². The monoisotopic (exact) mass is 237 g/mol. The van der Waals surface area contributed by atoms with Crippen LogP contribution in [-0.4, -0.2) is 29.1 Å². The van der Waals surface area contributed by atoms with Crippen LogP contribution in [0.2, 0.25) is 0 Å². The van der Waals surface area contributed by atoms with Gasteiger partial charge in [0.1, 0.15) is 12.0 Å². The number of nitrogens with zero attached hydrogens (tertiary/aromatic N) is 1. The fraction of sp³-hybridized carbons (Fsp3) is 0.615. The molecule has 0 saturated carbocycles. The molecule has 2 heterocycles. The summed E-state index contributed by atoms with van der Waals surface area (Å²) in [4.78, 5) is 13.1. The number of piperidine rings is 1. The van der Waals surface area contributed by atoms with Crippen molar-refractivity contribution in [1.82, 2.24) is 4.90 Å². The molecule has 0 bridgehead atoms. The molecule has 0 aliphatic carbocycles. The Labute approximate surface area is 101 Å². The molecule has 1 aliphatic heterocycles. The first kappa shape index (κ1) is 12.2. The molecule has 1 saturated heterocycles. The fourth-order valence-corrected chi connectivity index (χ4v) is 2.48. The van der Waals surface area contributed by atoms with E-state index in [2.05, 4.69) is 18.7 Å². The second-order valence-electron chi connectivity index (χ2n) is 5.59. The van der Waals surface area contributed by atoms with E-state index in [4.69, 9.17) is 9.52 Å². The Morgan fingerprint density at radius 3 is 2.94 bits per heavy atom. The van der Waals surface area contributed by atoms with Crippen LogP contribution < -0.4 is 0 Å².